The van der Waals surface area contributed by atoms with Gasteiger partial charge in [0.15, 0.2) is 0 Å². The van der Waals surface area contributed by atoms with E-state index in [1.165, 1.54) is 24.3 Å². The Morgan fingerprint density at radius 3 is 2.35 bits per heavy atom. The van der Waals surface area contributed by atoms with Crippen LogP contribution >= 0.6 is 12.4 Å². The molecule has 0 aliphatic carbocycles. The number of nitrogens with two attached hydrogens (primary N) is 1. The number of alkyl halides is 2. The number of halogens is 4. The van der Waals surface area contributed by atoms with E-state index in [4.69, 9.17) is 5.73 Å². The monoisotopic (exact) mass is 396 g/mol. The molecule has 1 atom stereocenters. The summed E-state index contributed by atoms with van der Waals surface area (Å²) >= 11 is 0. The highest BCUT2D eigenvalue weighted by Gasteiger charge is 2.29. The lowest BCUT2D eigenvalue weighted by atomic mass is 10.1. The molecule has 1 aromatic carbocycles. The second-order valence-electron chi connectivity index (χ2n) is 5.57. The molecule has 1 rings (SSSR count). The highest BCUT2D eigenvalue weighted by atomic mass is 35.5. The average molecular weight is 397 g/mol. The molecule has 1 aromatic rings. The number of rotatable bonds is 9. The van der Waals surface area contributed by atoms with E-state index < -0.39 is 37.0 Å². The van der Waals surface area contributed by atoms with Crippen molar-refractivity contribution >= 4 is 24.3 Å². The molecule has 1 unspecified atom stereocenters. The number of nitrogens with one attached hydrogen (secondary N) is 3. The van der Waals surface area contributed by atoms with Crippen molar-refractivity contribution in [2.75, 3.05) is 13.1 Å². The molecule has 148 valence electrons. The second-order valence-corrected chi connectivity index (χ2v) is 5.57. The van der Waals surface area contributed by atoms with Crippen LogP contribution < -0.4 is 21.7 Å². The third-order valence-electron chi connectivity index (χ3n) is 3.39. The Balaban J connectivity index is 0.00000625. The minimum Gasteiger partial charge on any atom is -0.348 e. The van der Waals surface area contributed by atoms with Crippen molar-refractivity contribution in [3.63, 3.8) is 0 Å². The van der Waals surface area contributed by atoms with E-state index in [0.717, 1.165) is 0 Å². The summed E-state index contributed by atoms with van der Waals surface area (Å²) in [4.78, 5) is 23.9. The number of amides is 3. The van der Waals surface area contributed by atoms with E-state index in [0.29, 0.717) is 18.4 Å². The van der Waals surface area contributed by atoms with Crippen molar-refractivity contribution in [2.24, 2.45) is 5.73 Å². The smallest absolute Gasteiger partial charge is 0.315 e. The Hall–Kier alpha value is -2.00. The molecule has 0 radical (unpaired) electrons. The third kappa shape index (κ3) is 8.91. The first-order valence-electron chi connectivity index (χ1n) is 7.92. The summed E-state index contributed by atoms with van der Waals surface area (Å²) in [6.45, 7) is 0.170. The summed E-state index contributed by atoms with van der Waals surface area (Å²) in [7, 11) is 0. The summed E-state index contributed by atoms with van der Waals surface area (Å²) in [5.41, 5.74) is 5.58. The van der Waals surface area contributed by atoms with Crippen LogP contribution in [0, 0.1) is 5.82 Å². The van der Waals surface area contributed by atoms with Gasteiger partial charge in [-0.15, -0.1) is 12.4 Å². The van der Waals surface area contributed by atoms with Gasteiger partial charge in [0.05, 0.1) is 13.1 Å². The fourth-order valence-electron chi connectivity index (χ4n) is 1.96. The van der Waals surface area contributed by atoms with Crippen LogP contribution in [0.25, 0.3) is 0 Å². The molecular weight excluding hydrogens is 373 g/mol. The summed E-state index contributed by atoms with van der Waals surface area (Å²) in [6.07, 6.45) is 0.869. The van der Waals surface area contributed by atoms with E-state index in [2.05, 4.69) is 16.0 Å². The van der Waals surface area contributed by atoms with Crippen LogP contribution in [0.5, 0.6) is 0 Å². The summed E-state index contributed by atoms with van der Waals surface area (Å²) in [5, 5.41) is 7.06. The van der Waals surface area contributed by atoms with Crippen molar-refractivity contribution < 1.29 is 22.8 Å². The average Bonchev–Trinajstić information content (AvgIpc) is 2.59. The molecule has 26 heavy (non-hydrogen) atoms. The Morgan fingerprint density at radius 1 is 1.19 bits per heavy atom. The van der Waals surface area contributed by atoms with E-state index in [1.807, 2.05) is 0 Å². The van der Waals surface area contributed by atoms with Gasteiger partial charge >= 0.3 is 6.03 Å². The molecule has 0 spiro atoms. The maximum Gasteiger partial charge on any atom is 0.315 e. The predicted molar refractivity (Wildman–Crippen MR) is 94.7 cm³/mol. The van der Waals surface area contributed by atoms with Crippen LogP contribution in [-0.2, 0) is 11.3 Å². The maximum atomic E-state index is 13.1. The number of hydrogen-bond donors (Lipinski definition) is 4. The Bertz CT molecular complexity index is 573. The van der Waals surface area contributed by atoms with Crippen LogP contribution in [-0.4, -0.2) is 37.0 Å². The molecular formula is C16H24ClF3N4O2. The lowest BCUT2D eigenvalue weighted by Gasteiger charge is -2.20. The molecule has 0 bridgehead atoms. The minimum absolute atomic E-state index is 0. The summed E-state index contributed by atoms with van der Waals surface area (Å²) < 4.78 is 39.0. The number of carbonyl (C=O) groups excluding carboxylic acids is 2. The number of hydrogen-bond acceptors (Lipinski definition) is 3. The number of urea groups is 1. The first-order valence-corrected chi connectivity index (χ1v) is 7.92. The quantitative estimate of drug-likeness (QED) is 0.513. The summed E-state index contributed by atoms with van der Waals surface area (Å²) in [5.74, 6) is -4.29. The fourth-order valence-corrected chi connectivity index (χ4v) is 1.96. The van der Waals surface area contributed by atoms with Crippen molar-refractivity contribution in [1.82, 2.24) is 16.0 Å². The molecule has 0 aromatic heterocycles. The van der Waals surface area contributed by atoms with Crippen LogP contribution in [0.1, 0.15) is 25.3 Å². The Morgan fingerprint density at radius 2 is 1.81 bits per heavy atom. The first kappa shape index (κ1) is 24.0. The lowest BCUT2D eigenvalue weighted by molar-refractivity contribution is -0.124. The lowest BCUT2D eigenvalue weighted by Crippen LogP contribution is -2.52. The topological polar surface area (TPSA) is 96.2 Å². The van der Waals surface area contributed by atoms with Crippen LogP contribution in [0.3, 0.4) is 0 Å². The highest BCUT2D eigenvalue weighted by molar-refractivity contribution is 5.87. The molecule has 0 aliphatic rings. The zero-order valence-electron chi connectivity index (χ0n) is 14.4. The third-order valence-corrected chi connectivity index (χ3v) is 3.39. The second kappa shape index (κ2) is 11.6. The maximum absolute atomic E-state index is 13.1. The standard InChI is InChI=1S/C16H23F3N4O2.ClH/c1-2-3-13(14(24)22-10-16(18,19)9-20)23-15(25)21-8-11-4-6-12(17)7-5-11;/h4-7,13H,2-3,8-10,20H2,1H3,(H,22,24)(H2,21,23,25);1H. The minimum atomic E-state index is -3.20. The van der Waals surface area contributed by atoms with Gasteiger partial charge in [-0.05, 0) is 24.1 Å². The normalized spacial score (nSPS) is 11.9. The molecule has 6 nitrogen and oxygen atoms in total. The van der Waals surface area contributed by atoms with E-state index in [-0.39, 0.29) is 24.8 Å². The Labute approximate surface area is 156 Å². The Kier molecular flexibility index (Phi) is 10.7. The van der Waals surface area contributed by atoms with Gasteiger partial charge in [-0.1, -0.05) is 25.5 Å². The van der Waals surface area contributed by atoms with Crippen LogP contribution in [0.15, 0.2) is 24.3 Å². The van der Waals surface area contributed by atoms with Gasteiger partial charge in [-0.2, -0.15) is 0 Å². The molecule has 0 heterocycles. The van der Waals surface area contributed by atoms with Crippen LogP contribution in [0.4, 0.5) is 18.0 Å². The van der Waals surface area contributed by atoms with Gasteiger partial charge in [0, 0.05) is 6.54 Å². The molecule has 3 amide bonds. The molecule has 0 saturated carbocycles. The van der Waals surface area contributed by atoms with Gasteiger partial charge in [-0.25, -0.2) is 18.0 Å². The van der Waals surface area contributed by atoms with Crippen LogP contribution in [0.2, 0.25) is 0 Å². The number of benzene rings is 1. The zero-order chi connectivity index (χ0) is 18.9. The summed E-state index contributed by atoms with van der Waals surface area (Å²) in [6, 6.07) is 4.00. The van der Waals surface area contributed by atoms with Gasteiger partial charge in [0.2, 0.25) is 5.91 Å². The highest BCUT2D eigenvalue weighted by Crippen LogP contribution is 2.09. The van der Waals surface area contributed by atoms with Crippen molar-refractivity contribution in [1.29, 1.82) is 0 Å². The van der Waals surface area contributed by atoms with Gasteiger partial charge < -0.3 is 21.7 Å². The van der Waals surface area contributed by atoms with Gasteiger partial charge in [-0.3, -0.25) is 4.79 Å². The molecule has 0 fully saturated rings. The van der Waals surface area contributed by atoms with Crippen molar-refractivity contribution in [3.8, 4) is 0 Å². The molecule has 0 aliphatic heterocycles. The van der Waals surface area contributed by atoms with E-state index in [9.17, 15) is 22.8 Å². The predicted octanol–water partition coefficient (Wildman–Crippen LogP) is 1.93. The fraction of sp³-hybridized carbons (Fsp3) is 0.500. The largest absolute Gasteiger partial charge is 0.348 e. The van der Waals surface area contributed by atoms with Crippen molar-refractivity contribution in [3.05, 3.63) is 35.6 Å². The molecule has 0 saturated heterocycles. The zero-order valence-corrected chi connectivity index (χ0v) is 15.2. The van der Waals surface area contributed by atoms with Crippen molar-refractivity contribution in [2.45, 2.75) is 38.3 Å². The SMILES string of the molecule is CCCC(NC(=O)NCc1ccc(F)cc1)C(=O)NCC(F)(F)CN.Cl. The van der Waals surface area contributed by atoms with Gasteiger partial charge in [0.1, 0.15) is 11.9 Å². The van der Waals surface area contributed by atoms with E-state index >= 15 is 0 Å². The van der Waals surface area contributed by atoms with Gasteiger partial charge in [0.25, 0.3) is 5.92 Å². The van der Waals surface area contributed by atoms with E-state index in [1.54, 1.807) is 6.92 Å². The molecule has 5 N–H and O–H groups in total. The number of carbonyl (C=O) groups is 2. The first-order chi connectivity index (χ1) is 11.8. The molecule has 10 heteroatoms.